The fraction of sp³-hybridized carbons (Fsp3) is 1.00. The molecule has 0 bridgehead atoms. The molecule has 0 amide bonds. The third-order valence-corrected chi connectivity index (χ3v) is 2.55. The van der Waals surface area contributed by atoms with E-state index in [2.05, 4.69) is 0 Å². The minimum Gasteiger partial charge on any atom is -0.741 e. The van der Waals surface area contributed by atoms with E-state index in [-0.39, 0.29) is 32.3 Å². The molecular weight excluding hydrogens is 708 g/mol. The third-order valence-electron chi connectivity index (χ3n) is 0.850. The monoisotopic (exact) mass is 716 g/mol. The van der Waals surface area contributed by atoms with Gasteiger partial charge in [-0.15, -0.1) is 0 Å². The zero-order valence-electron chi connectivity index (χ0n) is 13.3. The van der Waals surface area contributed by atoms with E-state index in [1.165, 1.54) is 0 Å². The van der Waals surface area contributed by atoms with Crippen LogP contribution in [-0.4, -0.2) is 92.9 Å². The van der Waals surface area contributed by atoms with Gasteiger partial charge >= 0.3 is 42.7 Å². The predicted octanol–water partition coefficient (Wildman–Crippen LogP) is 0.161. The van der Waals surface area contributed by atoms with E-state index in [0.717, 1.165) is 0 Å². The maximum absolute atomic E-state index is 10.7. The van der Waals surface area contributed by atoms with Gasteiger partial charge in [0.2, 0.25) is 0 Å². The van der Waals surface area contributed by atoms with E-state index in [4.69, 9.17) is 44.0 Å². The van der Waals surface area contributed by atoms with Gasteiger partial charge in [0.15, 0.2) is 30.4 Å². The van der Waals surface area contributed by atoms with Gasteiger partial charge in [0.05, 0.1) is 0 Å². The largest absolute Gasteiger partial charge is 3.00 e. The van der Waals surface area contributed by atoms with Crippen LogP contribution in [0.4, 0.5) is 39.5 Å². The molecule has 0 heterocycles. The van der Waals surface area contributed by atoms with Gasteiger partial charge in [-0.1, -0.05) is 0 Å². The molecule has 29 heavy (non-hydrogen) atoms. The summed E-state index contributed by atoms with van der Waals surface area (Å²) in [6, 6.07) is 0. The van der Waals surface area contributed by atoms with E-state index < -0.39 is 46.9 Å². The Balaban J connectivity index is -0.0000000896. The number of rotatable bonds is 0. The Morgan fingerprint density at radius 3 is 0.621 bits per heavy atom. The van der Waals surface area contributed by atoms with Crippen LogP contribution in [0.3, 0.4) is 0 Å². The second-order valence-corrected chi connectivity index (χ2v) is 7.91. The number of halogens is 9. The smallest absolute Gasteiger partial charge is 0.741 e. The van der Waals surface area contributed by atoms with E-state index in [1.807, 2.05) is 0 Å². The molecule has 0 fully saturated rings. The molecular formula is C6H8BiF9O10S3. The number of hydrogen-bond acceptors (Lipinski definition) is 10. The first-order valence-electron chi connectivity index (χ1n) is 5.23. The molecule has 0 spiro atoms. The van der Waals surface area contributed by atoms with Crippen molar-refractivity contribution in [2.24, 2.45) is 0 Å². The average molecular weight is 716 g/mol. The molecule has 0 aliphatic rings. The summed E-state index contributed by atoms with van der Waals surface area (Å²) in [4.78, 5) is 0. The molecule has 0 aromatic carbocycles. The Morgan fingerprint density at radius 1 is 0.586 bits per heavy atom. The zero-order chi connectivity index (χ0) is 24.6. The summed E-state index contributed by atoms with van der Waals surface area (Å²) >= 11 is 0. The molecule has 0 unspecified atom stereocenters. The van der Waals surface area contributed by atoms with Gasteiger partial charge < -0.3 is 18.8 Å². The van der Waals surface area contributed by atoms with Gasteiger partial charge in [-0.25, -0.2) is 25.3 Å². The average Bonchev–Trinajstić information content (AvgIpc) is 2.20. The summed E-state index contributed by atoms with van der Waals surface area (Å²) in [6.45, 7) is 3.44. The fourth-order valence-corrected chi connectivity index (χ4v) is 0. The summed E-state index contributed by atoms with van der Waals surface area (Å²) in [5, 5.41) is 8.06. The van der Waals surface area contributed by atoms with Crippen LogP contribution in [0.15, 0.2) is 0 Å². The van der Waals surface area contributed by atoms with Gasteiger partial charge in [-0.2, -0.15) is 39.5 Å². The molecule has 0 atom stereocenters. The van der Waals surface area contributed by atoms with Crippen molar-refractivity contribution in [2.45, 2.75) is 36.5 Å². The maximum atomic E-state index is 10.7. The Hall–Kier alpha value is -0.0569. The molecule has 23 heteroatoms. The topological polar surface area (TPSA) is 192 Å². The summed E-state index contributed by atoms with van der Waals surface area (Å²) in [5.74, 6) is 0. The number of alkyl halides is 9. The third kappa shape index (κ3) is 25.9. The minimum absolute atomic E-state index is 0. The SMILES string of the molecule is CC(C)O.O=S(=O)([O-])C(F)(F)F.O=S(=O)([O-])C(F)(F)F.O=S(=O)([O-])C(F)(F)F.[Bi+3]. The Kier molecular flexibility index (Phi) is 18.2. The standard InChI is InChI=1S/C3H8O.3CHF3O3S.Bi/c1-3(2)4;3*2-1(3,4)8(5,6)7;/h3-4H,1-2H3;3*(H,5,6,7);/q;;;;+3/p-3. The maximum Gasteiger partial charge on any atom is 3.00 e. The van der Waals surface area contributed by atoms with E-state index >= 15 is 0 Å². The molecule has 0 aliphatic carbocycles. The van der Waals surface area contributed by atoms with Gasteiger partial charge in [-0.05, 0) is 13.8 Å². The normalized spacial score (nSPS) is 12.8. The summed E-state index contributed by atoms with van der Waals surface area (Å²) < 4.78 is 177. The number of aliphatic hydroxyl groups is 1. The van der Waals surface area contributed by atoms with Crippen molar-refractivity contribution in [3.05, 3.63) is 0 Å². The molecule has 2 radical (unpaired) electrons. The molecule has 0 rings (SSSR count). The van der Waals surface area contributed by atoms with E-state index in [9.17, 15) is 39.5 Å². The van der Waals surface area contributed by atoms with Crippen LogP contribution in [0, 0.1) is 0 Å². The molecule has 0 aromatic heterocycles. The van der Waals surface area contributed by atoms with Gasteiger partial charge in [0.1, 0.15) is 0 Å². The van der Waals surface area contributed by atoms with Crippen molar-refractivity contribution in [1.29, 1.82) is 0 Å². The van der Waals surface area contributed by atoms with Crippen molar-refractivity contribution >= 4 is 56.6 Å². The minimum atomic E-state index is -6.09. The van der Waals surface area contributed by atoms with Crippen LogP contribution in [0.2, 0.25) is 0 Å². The van der Waals surface area contributed by atoms with E-state index in [1.54, 1.807) is 13.8 Å². The van der Waals surface area contributed by atoms with Gasteiger partial charge in [0.25, 0.3) is 0 Å². The van der Waals surface area contributed by atoms with Crippen molar-refractivity contribution in [3.63, 3.8) is 0 Å². The van der Waals surface area contributed by atoms with Crippen LogP contribution in [0.25, 0.3) is 0 Å². The first-order chi connectivity index (χ1) is 11.5. The first kappa shape index (κ1) is 39.4. The Morgan fingerprint density at radius 2 is 0.621 bits per heavy atom. The molecule has 1 N–H and O–H groups in total. The van der Waals surface area contributed by atoms with Crippen molar-refractivity contribution in [3.8, 4) is 0 Å². The van der Waals surface area contributed by atoms with Crippen LogP contribution >= 0.6 is 0 Å². The van der Waals surface area contributed by atoms with Crippen molar-refractivity contribution in [2.75, 3.05) is 0 Å². The van der Waals surface area contributed by atoms with Crippen LogP contribution in [-0.2, 0) is 30.4 Å². The second-order valence-electron chi connectivity index (χ2n) is 3.79. The molecule has 178 valence electrons. The Bertz CT molecular complexity index is 646. The molecule has 0 aliphatic heterocycles. The van der Waals surface area contributed by atoms with Crippen molar-refractivity contribution < 1.29 is 83.5 Å². The number of hydrogen-bond donors (Lipinski definition) is 1. The first-order valence-corrected chi connectivity index (χ1v) is 9.45. The summed E-state index contributed by atoms with van der Waals surface area (Å²) in [7, 11) is -18.3. The molecule has 0 saturated carbocycles. The Labute approximate surface area is 176 Å². The zero-order valence-corrected chi connectivity index (χ0v) is 19.2. The van der Waals surface area contributed by atoms with Gasteiger partial charge in [-0.3, -0.25) is 0 Å². The van der Waals surface area contributed by atoms with Crippen LogP contribution < -0.4 is 0 Å². The summed E-state index contributed by atoms with van der Waals surface area (Å²) in [6.07, 6.45) is -0.167. The summed E-state index contributed by atoms with van der Waals surface area (Å²) in [5.41, 5.74) is -16.9. The van der Waals surface area contributed by atoms with Crippen LogP contribution in [0.5, 0.6) is 0 Å². The predicted molar refractivity (Wildman–Crippen MR) is 70.4 cm³/mol. The molecule has 0 saturated heterocycles. The van der Waals surface area contributed by atoms with Gasteiger partial charge in [0, 0.05) is 6.10 Å². The second kappa shape index (κ2) is 13.4. The van der Waals surface area contributed by atoms with E-state index in [0.29, 0.717) is 0 Å². The molecule has 10 nitrogen and oxygen atoms in total. The van der Waals surface area contributed by atoms with Crippen LogP contribution in [0.1, 0.15) is 13.8 Å². The quantitative estimate of drug-likeness (QED) is 0.156. The fourth-order valence-electron chi connectivity index (χ4n) is 0. The molecule has 0 aromatic rings. The van der Waals surface area contributed by atoms with Crippen molar-refractivity contribution in [1.82, 2.24) is 0 Å². The number of aliphatic hydroxyl groups excluding tert-OH is 1.